The molecule has 2 aliphatic rings. The number of hydrogen-bond acceptors (Lipinski definition) is 6. The molecule has 0 bridgehead atoms. The number of phenolic OH excluding ortho intramolecular Hbond substituents is 1. The molecule has 0 aliphatic carbocycles. The molecule has 1 saturated heterocycles. The third-order valence-electron chi connectivity index (χ3n) is 4.87. The SMILES string of the molecule is Cc1cc(O)cc2c1C1(O)OC(C)C(C)(C)C1C(=O)OC2=O. The number of ether oxygens (including phenoxy) is 2. The van der Waals surface area contributed by atoms with Gasteiger partial charge in [0, 0.05) is 11.0 Å². The Morgan fingerprint density at radius 1 is 1.23 bits per heavy atom. The van der Waals surface area contributed by atoms with Crippen molar-refractivity contribution in [1.29, 1.82) is 0 Å². The molecule has 3 unspecified atom stereocenters. The maximum Gasteiger partial charge on any atom is 0.346 e. The van der Waals surface area contributed by atoms with Crippen molar-refractivity contribution in [2.24, 2.45) is 11.3 Å². The predicted octanol–water partition coefficient (Wildman–Crippen LogP) is 1.60. The van der Waals surface area contributed by atoms with Gasteiger partial charge in [-0.1, -0.05) is 13.8 Å². The Morgan fingerprint density at radius 3 is 2.50 bits per heavy atom. The maximum absolute atomic E-state index is 12.4. The second-order valence-electron chi connectivity index (χ2n) is 6.60. The summed E-state index contributed by atoms with van der Waals surface area (Å²) < 4.78 is 10.6. The predicted molar refractivity (Wildman–Crippen MR) is 75.0 cm³/mol. The Balaban J connectivity index is 2.35. The highest BCUT2D eigenvalue weighted by molar-refractivity contribution is 6.01. The number of benzene rings is 1. The summed E-state index contributed by atoms with van der Waals surface area (Å²) in [6, 6.07) is 2.59. The molecule has 3 rings (SSSR count). The maximum atomic E-state index is 12.4. The Morgan fingerprint density at radius 2 is 1.86 bits per heavy atom. The number of carbonyl (C=O) groups is 2. The van der Waals surface area contributed by atoms with Crippen LogP contribution < -0.4 is 0 Å². The highest BCUT2D eigenvalue weighted by Crippen LogP contribution is 2.55. The Kier molecular flexibility index (Phi) is 2.93. The number of fused-ring (bicyclic) bond motifs is 3. The van der Waals surface area contributed by atoms with E-state index in [1.54, 1.807) is 27.7 Å². The van der Waals surface area contributed by atoms with Crippen molar-refractivity contribution >= 4 is 11.9 Å². The summed E-state index contributed by atoms with van der Waals surface area (Å²) in [7, 11) is 0. The number of aliphatic hydroxyl groups is 1. The number of cyclic esters (lactones) is 2. The van der Waals surface area contributed by atoms with Gasteiger partial charge in [0.15, 0.2) is 0 Å². The van der Waals surface area contributed by atoms with Crippen molar-refractivity contribution < 1.29 is 29.3 Å². The molecular weight excluding hydrogens is 288 g/mol. The average molecular weight is 306 g/mol. The van der Waals surface area contributed by atoms with Gasteiger partial charge in [0.2, 0.25) is 5.79 Å². The molecule has 118 valence electrons. The van der Waals surface area contributed by atoms with Gasteiger partial charge in [-0.05, 0) is 31.5 Å². The fraction of sp³-hybridized carbons (Fsp3) is 0.500. The second-order valence-corrected chi connectivity index (χ2v) is 6.60. The Bertz CT molecular complexity index is 692. The fourth-order valence-electron chi connectivity index (χ4n) is 3.50. The van der Waals surface area contributed by atoms with Crippen LogP contribution in [-0.4, -0.2) is 28.3 Å². The summed E-state index contributed by atoms with van der Waals surface area (Å²) >= 11 is 0. The first-order valence-corrected chi connectivity index (χ1v) is 7.09. The Hall–Kier alpha value is -1.92. The van der Waals surface area contributed by atoms with Crippen molar-refractivity contribution in [3.05, 3.63) is 28.8 Å². The summed E-state index contributed by atoms with van der Waals surface area (Å²) in [6.45, 7) is 6.96. The zero-order valence-corrected chi connectivity index (χ0v) is 12.8. The average Bonchev–Trinajstić information content (AvgIpc) is 2.48. The van der Waals surface area contributed by atoms with Gasteiger partial charge >= 0.3 is 11.9 Å². The molecule has 3 atom stereocenters. The molecule has 0 radical (unpaired) electrons. The molecule has 0 spiro atoms. The first-order chi connectivity index (χ1) is 10.1. The first kappa shape index (κ1) is 15.0. The molecule has 0 aromatic heterocycles. The number of aryl methyl sites for hydroxylation is 1. The number of esters is 2. The third kappa shape index (κ3) is 1.74. The zero-order valence-electron chi connectivity index (χ0n) is 12.8. The molecule has 0 amide bonds. The van der Waals surface area contributed by atoms with Gasteiger partial charge in [-0.3, -0.25) is 4.79 Å². The number of hydrogen-bond donors (Lipinski definition) is 2. The van der Waals surface area contributed by atoms with Crippen molar-refractivity contribution in [2.45, 2.75) is 39.6 Å². The molecular formula is C16H18O6. The van der Waals surface area contributed by atoms with Crippen molar-refractivity contribution in [1.82, 2.24) is 0 Å². The van der Waals surface area contributed by atoms with E-state index in [1.807, 2.05) is 0 Å². The molecule has 22 heavy (non-hydrogen) atoms. The van der Waals surface area contributed by atoms with Crippen LogP contribution in [0.3, 0.4) is 0 Å². The standard InChI is InChI=1S/C16H18O6/c1-7-5-9(17)6-10-11(7)16(20)12(14(19)21-13(10)18)15(3,4)8(2)22-16/h5-6,8,12,17,20H,1-4H3. The van der Waals surface area contributed by atoms with Crippen LogP contribution in [0.1, 0.15) is 42.3 Å². The Labute approximate surface area is 127 Å². The van der Waals surface area contributed by atoms with Gasteiger partial charge in [-0.15, -0.1) is 0 Å². The van der Waals surface area contributed by atoms with Gasteiger partial charge in [0.1, 0.15) is 11.7 Å². The molecule has 2 N–H and O–H groups in total. The number of aromatic hydroxyl groups is 1. The van der Waals surface area contributed by atoms with E-state index in [-0.39, 0.29) is 16.9 Å². The molecule has 6 nitrogen and oxygen atoms in total. The number of phenols is 1. The summed E-state index contributed by atoms with van der Waals surface area (Å²) in [6.07, 6.45) is -0.427. The van der Waals surface area contributed by atoms with Crippen molar-refractivity contribution in [3.63, 3.8) is 0 Å². The highest BCUT2D eigenvalue weighted by atomic mass is 16.6. The van der Waals surface area contributed by atoms with Crippen LogP contribution >= 0.6 is 0 Å². The van der Waals surface area contributed by atoms with Gasteiger partial charge in [0.25, 0.3) is 0 Å². The van der Waals surface area contributed by atoms with E-state index in [0.29, 0.717) is 5.56 Å². The molecule has 1 fully saturated rings. The quantitative estimate of drug-likeness (QED) is 0.558. The van der Waals surface area contributed by atoms with Gasteiger partial charge < -0.3 is 19.7 Å². The van der Waals surface area contributed by atoms with Crippen LogP contribution in [0.15, 0.2) is 12.1 Å². The topological polar surface area (TPSA) is 93.1 Å². The van der Waals surface area contributed by atoms with Crippen LogP contribution in [0.5, 0.6) is 5.75 Å². The smallest absolute Gasteiger partial charge is 0.346 e. The van der Waals surface area contributed by atoms with Crippen molar-refractivity contribution in [3.8, 4) is 5.75 Å². The molecule has 0 saturated carbocycles. The largest absolute Gasteiger partial charge is 0.508 e. The lowest BCUT2D eigenvalue weighted by atomic mass is 9.71. The van der Waals surface area contributed by atoms with Crippen LogP contribution in [0.4, 0.5) is 0 Å². The van der Waals surface area contributed by atoms with Crippen LogP contribution in [0.25, 0.3) is 0 Å². The lowest BCUT2D eigenvalue weighted by Gasteiger charge is -2.31. The monoisotopic (exact) mass is 306 g/mol. The summed E-state index contributed by atoms with van der Waals surface area (Å²) in [4.78, 5) is 24.6. The molecule has 1 aromatic carbocycles. The lowest BCUT2D eigenvalue weighted by molar-refractivity contribution is -0.221. The number of rotatable bonds is 0. The van der Waals surface area contributed by atoms with E-state index in [9.17, 15) is 19.8 Å². The van der Waals surface area contributed by atoms with E-state index in [2.05, 4.69) is 0 Å². The van der Waals surface area contributed by atoms with E-state index in [0.717, 1.165) is 0 Å². The molecule has 1 aromatic rings. The van der Waals surface area contributed by atoms with Crippen LogP contribution in [-0.2, 0) is 20.1 Å². The first-order valence-electron chi connectivity index (χ1n) is 7.09. The normalized spacial score (nSPS) is 33.0. The van der Waals surface area contributed by atoms with E-state index in [4.69, 9.17) is 9.47 Å². The number of carbonyl (C=O) groups excluding carboxylic acids is 2. The van der Waals surface area contributed by atoms with E-state index in [1.165, 1.54) is 12.1 Å². The minimum absolute atomic E-state index is 0.0549. The zero-order chi connectivity index (χ0) is 16.4. The summed E-state index contributed by atoms with van der Waals surface area (Å²) in [5.74, 6) is -4.86. The molecule has 2 aliphatic heterocycles. The van der Waals surface area contributed by atoms with Gasteiger partial charge in [-0.2, -0.15) is 0 Å². The fourth-order valence-corrected chi connectivity index (χ4v) is 3.50. The molecule has 6 heteroatoms. The van der Waals surface area contributed by atoms with E-state index < -0.39 is 35.2 Å². The minimum atomic E-state index is -1.96. The lowest BCUT2D eigenvalue weighted by Crippen LogP contribution is -2.42. The highest BCUT2D eigenvalue weighted by Gasteiger charge is 2.65. The summed E-state index contributed by atoms with van der Waals surface area (Å²) in [5.41, 5.74) is -0.138. The van der Waals surface area contributed by atoms with Gasteiger partial charge in [0.05, 0.1) is 11.7 Å². The summed E-state index contributed by atoms with van der Waals surface area (Å²) in [5, 5.41) is 20.9. The second kappa shape index (κ2) is 4.30. The van der Waals surface area contributed by atoms with Gasteiger partial charge in [-0.25, -0.2) is 4.79 Å². The molecule has 2 heterocycles. The van der Waals surface area contributed by atoms with Crippen LogP contribution in [0.2, 0.25) is 0 Å². The minimum Gasteiger partial charge on any atom is -0.508 e. The third-order valence-corrected chi connectivity index (χ3v) is 4.87. The van der Waals surface area contributed by atoms with Crippen LogP contribution in [0, 0.1) is 18.3 Å². The van der Waals surface area contributed by atoms with Crippen molar-refractivity contribution in [2.75, 3.05) is 0 Å². The van der Waals surface area contributed by atoms with E-state index >= 15 is 0 Å².